The molecule has 2 aromatic rings. The van der Waals surface area contributed by atoms with Gasteiger partial charge in [-0.05, 0) is 31.4 Å². The van der Waals surface area contributed by atoms with E-state index in [4.69, 9.17) is 34.3 Å². The number of methoxy groups -OCH3 is 1. The van der Waals surface area contributed by atoms with Gasteiger partial charge in [0.15, 0.2) is 0 Å². The Bertz CT molecular complexity index is 1050. The van der Waals surface area contributed by atoms with E-state index in [-0.39, 0.29) is 5.41 Å². The van der Waals surface area contributed by atoms with Crippen molar-refractivity contribution in [1.82, 2.24) is 9.88 Å². The maximum Gasteiger partial charge on any atom is 0.490 e. The third-order valence-electron chi connectivity index (χ3n) is 6.03. The van der Waals surface area contributed by atoms with Crippen molar-refractivity contribution in [3.05, 3.63) is 42.1 Å². The number of rotatable bonds is 4. The van der Waals surface area contributed by atoms with E-state index in [2.05, 4.69) is 41.3 Å². The first kappa shape index (κ1) is 31.2. The van der Waals surface area contributed by atoms with Crippen LogP contribution in [0.4, 0.5) is 26.3 Å². The highest BCUT2D eigenvalue weighted by Gasteiger charge is 2.46. The lowest BCUT2D eigenvalue weighted by molar-refractivity contribution is -0.193. The van der Waals surface area contributed by atoms with Crippen LogP contribution in [-0.2, 0) is 25.6 Å². The maximum atomic E-state index is 10.6. The molecule has 2 fully saturated rings. The number of hydrogen-bond donors (Lipinski definition) is 2. The second kappa shape index (κ2) is 13.2. The van der Waals surface area contributed by atoms with Crippen LogP contribution in [0.3, 0.4) is 0 Å². The number of hydrogen-bond acceptors (Lipinski definition) is 6. The summed E-state index contributed by atoms with van der Waals surface area (Å²) in [6, 6.07) is 12.7. The molecule has 3 heterocycles. The summed E-state index contributed by atoms with van der Waals surface area (Å²) in [5.74, 6) is -5.51. The van der Waals surface area contributed by atoms with Gasteiger partial charge in [-0.25, -0.2) is 9.59 Å². The number of likely N-dealkylation sites (tertiary alicyclic amines) is 1. The van der Waals surface area contributed by atoms with E-state index in [9.17, 15) is 26.3 Å². The molecule has 2 saturated heterocycles. The zero-order chi connectivity index (χ0) is 28.6. The molecule has 0 amide bonds. The Balaban J connectivity index is 0.000000301. The molecule has 8 nitrogen and oxygen atoms in total. The minimum absolute atomic E-state index is 0.155. The summed E-state index contributed by atoms with van der Waals surface area (Å²) < 4.78 is 75.1. The van der Waals surface area contributed by atoms with Crippen LogP contribution in [0.15, 0.2) is 36.4 Å². The molecule has 2 unspecified atom stereocenters. The Kier molecular flexibility index (Phi) is 10.9. The van der Waals surface area contributed by atoms with E-state index in [1.165, 1.54) is 11.8 Å². The number of carboxylic acid groups (broad SMARTS) is 2. The van der Waals surface area contributed by atoms with Crippen molar-refractivity contribution in [2.24, 2.45) is 5.41 Å². The van der Waals surface area contributed by atoms with Crippen LogP contribution < -0.4 is 0 Å². The van der Waals surface area contributed by atoms with Crippen molar-refractivity contribution in [2.45, 2.75) is 44.3 Å². The molecule has 212 valence electrons. The summed E-state index contributed by atoms with van der Waals surface area (Å²) in [6.07, 6.45) is -6.38. The van der Waals surface area contributed by atoms with Gasteiger partial charge in [-0.2, -0.15) is 26.3 Å². The van der Waals surface area contributed by atoms with Gasteiger partial charge in [-0.15, -0.1) is 0 Å². The normalized spacial score (nSPS) is 21.8. The van der Waals surface area contributed by atoms with E-state index in [1.807, 2.05) is 7.11 Å². The number of aromatic nitrogens is 1. The van der Waals surface area contributed by atoms with Crippen LogP contribution in [-0.4, -0.2) is 83.9 Å². The molecule has 1 aromatic carbocycles. The van der Waals surface area contributed by atoms with Crippen molar-refractivity contribution in [2.75, 3.05) is 33.4 Å². The number of carboxylic acids is 2. The molecule has 0 saturated carbocycles. The second-order valence-electron chi connectivity index (χ2n) is 8.86. The fourth-order valence-corrected chi connectivity index (χ4v) is 4.44. The molecule has 4 rings (SSSR count). The van der Waals surface area contributed by atoms with Crippen molar-refractivity contribution < 1.29 is 55.6 Å². The summed E-state index contributed by atoms with van der Waals surface area (Å²) in [7, 11) is 1.81. The maximum absolute atomic E-state index is 10.6. The number of nitrogens with zero attached hydrogens (tertiary/aromatic N) is 2. The highest BCUT2D eigenvalue weighted by Crippen LogP contribution is 2.40. The van der Waals surface area contributed by atoms with Crippen molar-refractivity contribution in [3.63, 3.8) is 0 Å². The Morgan fingerprint density at radius 1 is 1.08 bits per heavy atom. The number of halogens is 6. The number of benzene rings is 1. The molecule has 2 aliphatic heterocycles. The van der Waals surface area contributed by atoms with Crippen LogP contribution in [0.1, 0.15) is 25.0 Å². The van der Waals surface area contributed by atoms with Crippen LogP contribution >= 0.6 is 0 Å². The monoisotopic (exact) mass is 554 g/mol. The van der Waals surface area contributed by atoms with E-state index in [0.29, 0.717) is 6.10 Å². The van der Waals surface area contributed by atoms with E-state index in [1.54, 1.807) is 0 Å². The first-order valence-corrected chi connectivity index (χ1v) is 11.5. The molecule has 1 aromatic heterocycles. The molecule has 0 spiro atoms. The smallest absolute Gasteiger partial charge is 0.475 e. The van der Waals surface area contributed by atoms with Gasteiger partial charge in [-0.1, -0.05) is 24.3 Å². The van der Waals surface area contributed by atoms with Crippen molar-refractivity contribution in [3.8, 4) is 0 Å². The SMILES string of the molecule is COCC12CCCOC1CCN(Cc1ccc3ccccc3n1)C2.O=C(O)C(F)(F)F.O=C(O)C(F)(F)F. The summed E-state index contributed by atoms with van der Waals surface area (Å²) in [6.45, 7) is 4.72. The van der Waals surface area contributed by atoms with E-state index >= 15 is 0 Å². The molecule has 2 aliphatic rings. The molecule has 38 heavy (non-hydrogen) atoms. The van der Waals surface area contributed by atoms with E-state index in [0.717, 1.165) is 56.9 Å². The Morgan fingerprint density at radius 2 is 1.68 bits per heavy atom. The van der Waals surface area contributed by atoms with Crippen LogP contribution in [0.2, 0.25) is 0 Å². The van der Waals surface area contributed by atoms with Gasteiger partial charge in [0.25, 0.3) is 0 Å². The Hall–Kier alpha value is -2.97. The third-order valence-corrected chi connectivity index (χ3v) is 6.03. The first-order chi connectivity index (χ1) is 17.7. The highest BCUT2D eigenvalue weighted by atomic mass is 19.4. The number of pyridine rings is 1. The van der Waals surface area contributed by atoms with Crippen molar-refractivity contribution in [1.29, 1.82) is 0 Å². The number of ether oxygens (including phenoxy) is 2. The summed E-state index contributed by atoms with van der Waals surface area (Å²) in [5.41, 5.74) is 2.39. The molecule has 0 bridgehead atoms. The second-order valence-corrected chi connectivity index (χ2v) is 8.86. The molecule has 0 aliphatic carbocycles. The largest absolute Gasteiger partial charge is 0.490 e. The predicted octanol–water partition coefficient (Wildman–Crippen LogP) is 4.52. The molecular formula is C24H28F6N2O6. The van der Waals surface area contributed by atoms with Crippen LogP contribution in [0.5, 0.6) is 0 Å². The standard InChI is InChI=1S/C20H26N2O2.2C2HF3O2/c1-23-15-20-10-4-12-24-19(20)9-11-22(14-20)13-17-8-7-16-5-2-3-6-18(16)21-17;2*3-2(4,5)1(6)7/h2-3,5-8,19H,4,9-15H2,1H3;2*(H,6,7). The molecule has 14 heteroatoms. The van der Waals surface area contributed by atoms with Crippen molar-refractivity contribution >= 4 is 22.8 Å². The molecule has 2 N–H and O–H groups in total. The van der Waals surface area contributed by atoms with Gasteiger partial charge in [0.2, 0.25) is 0 Å². The molecule has 0 radical (unpaired) electrons. The average Bonchev–Trinajstić information content (AvgIpc) is 2.83. The van der Waals surface area contributed by atoms with Crippen LogP contribution in [0.25, 0.3) is 10.9 Å². The quantitative estimate of drug-likeness (QED) is 0.532. The van der Waals surface area contributed by atoms with Crippen LogP contribution in [0, 0.1) is 5.41 Å². The zero-order valence-corrected chi connectivity index (χ0v) is 20.4. The van der Waals surface area contributed by atoms with Gasteiger partial charge < -0.3 is 19.7 Å². The minimum Gasteiger partial charge on any atom is -0.475 e. The van der Waals surface area contributed by atoms with Gasteiger partial charge in [-0.3, -0.25) is 9.88 Å². The number of piperidine rings is 1. The van der Waals surface area contributed by atoms with Gasteiger partial charge >= 0.3 is 24.3 Å². The minimum atomic E-state index is -5.08. The first-order valence-electron chi connectivity index (χ1n) is 11.5. The number of fused-ring (bicyclic) bond motifs is 2. The average molecular weight is 554 g/mol. The van der Waals surface area contributed by atoms with Gasteiger partial charge in [0.05, 0.1) is 23.9 Å². The Labute approximate surface area is 214 Å². The fourth-order valence-electron chi connectivity index (χ4n) is 4.44. The number of para-hydroxylation sites is 1. The molecule has 2 atom stereocenters. The predicted molar refractivity (Wildman–Crippen MR) is 122 cm³/mol. The Morgan fingerprint density at radius 3 is 2.26 bits per heavy atom. The lowest BCUT2D eigenvalue weighted by atomic mass is 9.73. The lowest BCUT2D eigenvalue weighted by Gasteiger charge is -2.50. The van der Waals surface area contributed by atoms with Gasteiger partial charge in [0, 0.05) is 44.2 Å². The van der Waals surface area contributed by atoms with E-state index < -0.39 is 24.3 Å². The number of carbonyl (C=O) groups is 2. The zero-order valence-electron chi connectivity index (χ0n) is 20.4. The summed E-state index contributed by atoms with van der Waals surface area (Å²) >= 11 is 0. The van der Waals surface area contributed by atoms with Gasteiger partial charge in [0.1, 0.15) is 0 Å². The lowest BCUT2D eigenvalue weighted by Crippen LogP contribution is -2.56. The summed E-state index contributed by atoms with van der Waals surface area (Å²) in [4.78, 5) is 25.2. The number of aliphatic carboxylic acids is 2. The molecular weight excluding hydrogens is 526 g/mol. The fraction of sp³-hybridized carbons (Fsp3) is 0.542. The topological polar surface area (TPSA) is 109 Å². The highest BCUT2D eigenvalue weighted by molar-refractivity contribution is 5.78. The summed E-state index contributed by atoms with van der Waals surface area (Å²) in [5, 5.41) is 15.5. The number of alkyl halides is 6. The third kappa shape index (κ3) is 9.10.